The van der Waals surface area contributed by atoms with E-state index in [0.29, 0.717) is 13.0 Å². The first-order chi connectivity index (χ1) is 12.0. The Hall–Kier alpha value is -1.59. The molecule has 4 amide bonds. The van der Waals surface area contributed by atoms with Crippen molar-refractivity contribution in [3.63, 3.8) is 0 Å². The molecule has 0 aromatic heterocycles. The number of rotatable bonds is 4. The molecule has 0 unspecified atom stereocenters. The quantitative estimate of drug-likeness (QED) is 0.793. The zero-order valence-corrected chi connectivity index (χ0v) is 15.6. The van der Waals surface area contributed by atoms with Gasteiger partial charge in [0.05, 0.1) is 0 Å². The molecule has 3 fully saturated rings. The highest BCUT2D eigenvalue weighted by atomic mass is 16.2. The van der Waals surface area contributed by atoms with E-state index in [9.17, 15) is 14.4 Å². The van der Waals surface area contributed by atoms with Crippen LogP contribution in [0.25, 0.3) is 0 Å². The van der Waals surface area contributed by atoms with E-state index in [4.69, 9.17) is 0 Å². The monoisotopic (exact) mass is 349 g/mol. The van der Waals surface area contributed by atoms with Crippen LogP contribution in [0.3, 0.4) is 0 Å². The lowest BCUT2D eigenvalue weighted by Gasteiger charge is -2.37. The molecule has 140 valence electrons. The van der Waals surface area contributed by atoms with Crippen LogP contribution in [0.2, 0.25) is 0 Å². The maximum absolute atomic E-state index is 13.0. The fourth-order valence-corrected chi connectivity index (χ4v) is 4.90. The first-order valence-corrected chi connectivity index (χ1v) is 9.93. The number of imide groups is 1. The van der Waals surface area contributed by atoms with Crippen LogP contribution in [0.15, 0.2) is 0 Å². The van der Waals surface area contributed by atoms with Gasteiger partial charge < -0.3 is 10.2 Å². The van der Waals surface area contributed by atoms with E-state index in [2.05, 4.69) is 5.32 Å². The van der Waals surface area contributed by atoms with Crippen molar-refractivity contribution >= 4 is 17.8 Å². The summed E-state index contributed by atoms with van der Waals surface area (Å²) in [4.78, 5) is 41.3. The van der Waals surface area contributed by atoms with Gasteiger partial charge in [-0.1, -0.05) is 39.0 Å². The Morgan fingerprint density at radius 2 is 1.84 bits per heavy atom. The predicted molar refractivity (Wildman–Crippen MR) is 94.9 cm³/mol. The molecule has 3 aliphatic rings. The lowest BCUT2D eigenvalue weighted by molar-refractivity contribution is -0.142. The minimum atomic E-state index is -0.780. The lowest BCUT2D eigenvalue weighted by atomic mass is 9.73. The number of hydrogen-bond donors (Lipinski definition) is 1. The zero-order valence-electron chi connectivity index (χ0n) is 15.6. The molecule has 0 bridgehead atoms. The molecule has 2 saturated carbocycles. The molecular formula is C19H31N3O3. The highest BCUT2D eigenvalue weighted by molar-refractivity contribution is 6.09. The molecule has 3 rings (SSSR count). The van der Waals surface area contributed by atoms with Crippen LogP contribution in [0.4, 0.5) is 4.79 Å². The summed E-state index contributed by atoms with van der Waals surface area (Å²) >= 11 is 0. The maximum atomic E-state index is 13.0. The molecule has 1 spiro atoms. The van der Waals surface area contributed by atoms with Gasteiger partial charge in [0.2, 0.25) is 5.91 Å². The summed E-state index contributed by atoms with van der Waals surface area (Å²) < 4.78 is 0. The lowest BCUT2D eigenvalue weighted by Crippen LogP contribution is -2.54. The van der Waals surface area contributed by atoms with Crippen LogP contribution >= 0.6 is 0 Å². The number of carbonyl (C=O) groups excluding carboxylic acids is 3. The topological polar surface area (TPSA) is 69.7 Å². The summed E-state index contributed by atoms with van der Waals surface area (Å²) in [6, 6.07) is -0.138. The van der Waals surface area contributed by atoms with Gasteiger partial charge in [0, 0.05) is 12.6 Å². The zero-order chi connectivity index (χ0) is 18.0. The second-order valence-electron chi connectivity index (χ2n) is 7.91. The SMILES string of the molecule is CCN(C(=O)CN1C(=O)N[C@]2(CCCC[C@H]2C)C1=O)C1CCCCC1. The number of hydrogen-bond acceptors (Lipinski definition) is 3. The molecule has 0 aromatic rings. The van der Waals surface area contributed by atoms with Crippen LogP contribution in [0.1, 0.15) is 71.6 Å². The van der Waals surface area contributed by atoms with Gasteiger partial charge in [-0.05, 0) is 38.5 Å². The smallest absolute Gasteiger partial charge is 0.325 e. The number of carbonyl (C=O) groups is 3. The Bertz CT molecular complexity index is 544. The minimum Gasteiger partial charge on any atom is -0.338 e. The van der Waals surface area contributed by atoms with E-state index in [1.165, 1.54) is 6.42 Å². The van der Waals surface area contributed by atoms with Crippen LogP contribution in [-0.4, -0.2) is 52.3 Å². The van der Waals surface area contributed by atoms with Crippen molar-refractivity contribution in [2.24, 2.45) is 5.92 Å². The third-order valence-corrected chi connectivity index (χ3v) is 6.47. The molecule has 1 N–H and O–H groups in total. The Morgan fingerprint density at radius 1 is 1.16 bits per heavy atom. The van der Waals surface area contributed by atoms with E-state index < -0.39 is 11.6 Å². The Balaban J connectivity index is 1.70. The largest absolute Gasteiger partial charge is 0.338 e. The number of urea groups is 1. The van der Waals surface area contributed by atoms with Crippen LogP contribution < -0.4 is 5.32 Å². The normalized spacial score (nSPS) is 30.6. The van der Waals surface area contributed by atoms with Crippen molar-refractivity contribution in [1.82, 2.24) is 15.1 Å². The highest BCUT2D eigenvalue weighted by Crippen LogP contribution is 2.38. The van der Waals surface area contributed by atoms with E-state index >= 15 is 0 Å². The van der Waals surface area contributed by atoms with E-state index in [1.807, 2.05) is 18.7 Å². The highest BCUT2D eigenvalue weighted by Gasteiger charge is 2.55. The molecule has 2 atom stereocenters. The fourth-order valence-electron chi connectivity index (χ4n) is 4.90. The molecule has 0 radical (unpaired) electrons. The van der Waals surface area contributed by atoms with Crippen LogP contribution in [0.5, 0.6) is 0 Å². The van der Waals surface area contributed by atoms with Gasteiger partial charge in [0.15, 0.2) is 0 Å². The molecule has 1 aliphatic heterocycles. The van der Waals surface area contributed by atoms with E-state index in [1.54, 1.807) is 0 Å². The summed E-state index contributed by atoms with van der Waals surface area (Å²) in [5, 5.41) is 2.93. The van der Waals surface area contributed by atoms with Crippen molar-refractivity contribution in [3.8, 4) is 0 Å². The van der Waals surface area contributed by atoms with Gasteiger partial charge in [-0.2, -0.15) is 0 Å². The Morgan fingerprint density at radius 3 is 2.48 bits per heavy atom. The van der Waals surface area contributed by atoms with Gasteiger partial charge in [0.1, 0.15) is 12.1 Å². The molecule has 1 heterocycles. The third-order valence-electron chi connectivity index (χ3n) is 6.47. The van der Waals surface area contributed by atoms with Gasteiger partial charge in [-0.15, -0.1) is 0 Å². The molecule has 25 heavy (non-hydrogen) atoms. The maximum Gasteiger partial charge on any atom is 0.325 e. The molecule has 0 aromatic carbocycles. The number of nitrogens with zero attached hydrogens (tertiary/aromatic N) is 2. The number of likely N-dealkylation sites (N-methyl/N-ethyl adjacent to an activating group) is 1. The van der Waals surface area contributed by atoms with Crippen LogP contribution in [0, 0.1) is 5.92 Å². The first-order valence-electron chi connectivity index (χ1n) is 9.93. The second-order valence-corrected chi connectivity index (χ2v) is 7.91. The van der Waals surface area contributed by atoms with Crippen LogP contribution in [-0.2, 0) is 9.59 Å². The van der Waals surface area contributed by atoms with Crippen molar-refractivity contribution in [2.45, 2.75) is 83.2 Å². The first kappa shape index (κ1) is 18.2. The summed E-state index contributed by atoms with van der Waals surface area (Å²) in [7, 11) is 0. The van der Waals surface area contributed by atoms with Crippen molar-refractivity contribution < 1.29 is 14.4 Å². The summed E-state index contributed by atoms with van der Waals surface area (Å²) in [5.74, 6) is -0.172. The average Bonchev–Trinajstić information content (AvgIpc) is 2.84. The minimum absolute atomic E-state index is 0.0987. The summed E-state index contributed by atoms with van der Waals surface area (Å²) in [6.07, 6.45) is 9.26. The Kier molecular flexibility index (Phi) is 5.35. The van der Waals surface area contributed by atoms with E-state index in [0.717, 1.165) is 49.8 Å². The van der Waals surface area contributed by atoms with Crippen molar-refractivity contribution in [3.05, 3.63) is 0 Å². The van der Waals surface area contributed by atoms with Crippen molar-refractivity contribution in [1.29, 1.82) is 0 Å². The number of nitrogens with one attached hydrogen (secondary N) is 1. The van der Waals surface area contributed by atoms with Gasteiger partial charge in [0.25, 0.3) is 5.91 Å². The molecule has 2 aliphatic carbocycles. The van der Waals surface area contributed by atoms with Gasteiger partial charge in [-0.25, -0.2) is 4.79 Å². The van der Waals surface area contributed by atoms with Gasteiger partial charge >= 0.3 is 6.03 Å². The van der Waals surface area contributed by atoms with E-state index in [-0.39, 0.29) is 30.3 Å². The third kappa shape index (κ3) is 3.27. The predicted octanol–water partition coefficient (Wildman–Crippen LogP) is 2.67. The number of amides is 4. The molecule has 1 saturated heterocycles. The van der Waals surface area contributed by atoms with Gasteiger partial charge in [-0.3, -0.25) is 14.5 Å². The second kappa shape index (κ2) is 7.34. The summed E-state index contributed by atoms with van der Waals surface area (Å²) in [5.41, 5.74) is -0.780. The summed E-state index contributed by atoms with van der Waals surface area (Å²) in [6.45, 7) is 4.52. The molecule has 6 nitrogen and oxygen atoms in total. The van der Waals surface area contributed by atoms with Crippen molar-refractivity contribution in [2.75, 3.05) is 13.1 Å². The Labute approximate surface area is 150 Å². The molecule has 6 heteroatoms. The fraction of sp³-hybridized carbons (Fsp3) is 0.842. The average molecular weight is 349 g/mol. The standard InChI is InChI=1S/C19H31N3O3/c1-3-21(15-10-5-4-6-11-15)16(23)13-22-17(24)19(20-18(22)25)12-8-7-9-14(19)2/h14-15H,3-13H2,1-2H3,(H,20,25)/t14-,19+/m1/s1. The molecular weight excluding hydrogens is 318 g/mol.